The Morgan fingerprint density at radius 1 is 1.05 bits per heavy atom. The normalized spacial score (nSPS) is 16.3. The number of ether oxygens (including phenoxy) is 1. The van der Waals surface area contributed by atoms with E-state index in [0.717, 1.165) is 17.7 Å². The first-order valence-electron chi connectivity index (χ1n) is 6.98. The number of carboxylic acids is 1. The van der Waals surface area contributed by atoms with Gasteiger partial charge in [0.15, 0.2) is 0 Å². The number of carboxylic acid groups (broad SMARTS) is 1. The molecule has 0 radical (unpaired) electrons. The maximum Gasteiger partial charge on any atom is 0.335 e. The summed E-state index contributed by atoms with van der Waals surface area (Å²) in [6, 6.07) is 13.5. The van der Waals surface area contributed by atoms with Crippen molar-refractivity contribution in [3.63, 3.8) is 0 Å². The number of rotatable bonds is 3. The van der Waals surface area contributed by atoms with Gasteiger partial charge in [-0.2, -0.15) is 0 Å². The van der Waals surface area contributed by atoms with Gasteiger partial charge in [-0.05, 0) is 42.3 Å². The lowest BCUT2D eigenvalue weighted by Crippen LogP contribution is -2.42. The Kier molecular flexibility index (Phi) is 3.78. The predicted octanol–water partition coefficient (Wildman–Crippen LogP) is 2.12. The van der Waals surface area contributed by atoms with Crippen LogP contribution in [0.4, 0.5) is 0 Å². The van der Waals surface area contributed by atoms with Crippen molar-refractivity contribution < 1.29 is 19.4 Å². The molecule has 0 saturated heterocycles. The monoisotopic (exact) mass is 297 g/mol. The van der Waals surface area contributed by atoms with Gasteiger partial charge in [-0.15, -0.1) is 0 Å². The second kappa shape index (κ2) is 5.89. The third-order valence-electron chi connectivity index (χ3n) is 3.61. The van der Waals surface area contributed by atoms with E-state index >= 15 is 0 Å². The molecule has 0 fully saturated rings. The molecule has 5 nitrogen and oxygen atoms in total. The van der Waals surface area contributed by atoms with E-state index in [4.69, 9.17) is 9.84 Å². The van der Waals surface area contributed by atoms with Gasteiger partial charge in [-0.3, -0.25) is 4.79 Å². The second-order valence-electron chi connectivity index (χ2n) is 5.18. The molecule has 1 aliphatic rings. The summed E-state index contributed by atoms with van der Waals surface area (Å²) in [5, 5.41) is 11.8. The highest BCUT2D eigenvalue weighted by molar-refractivity contribution is 5.96. The van der Waals surface area contributed by atoms with Crippen LogP contribution in [0, 0.1) is 0 Å². The zero-order chi connectivity index (χ0) is 15.5. The van der Waals surface area contributed by atoms with E-state index in [9.17, 15) is 9.59 Å². The highest BCUT2D eigenvalue weighted by Crippen LogP contribution is 2.24. The van der Waals surface area contributed by atoms with Crippen LogP contribution in [0.5, 0.6) is 5.75 Å². The lowest BCUT2D eigenvalue weighted by Gasteiger charge is -2.26. The summed E-state index contributed by atoms with van der Waals surface area (Å²) < 4.78 is 5.63. The number of hydrogen-bond acceptors (Lipinski definition) is 3. The van der Waals surface area contributed by atoms with Gasteiger partial charge in [0.05, 0.1) is 11.6 Å². The molecule has 2 aromatic rings. The largest absolute Gasteiger partial charge is 0.491 e. The van der Waals surface area contributed by atoms with Crippen LogP contribution in [0.1, 0.15) is 26.3 Å². The minimum Gasteiger partial charge on any atom is -0.491 e. The summed E-state index contributed by atoms with van der Waals surface area (Å²) in [5.41, 5.74) is 1.66. The molecule has 22 heavy (non-hydrogen) atoms. The number of para-hydroxylation sites is 1. The maximum atomic E-state index is 12.2. The highest BCUT2D eigenvalue weighted by Gasteiger charge is 2.21. The molecular weight excluding hydrogens is 282 g/mol. The zero-order valence-electron chi connectivity index (χ0n) is 11.8. The average molecular weight is 297 g/mol. The fourth-order valence-corrected chi connectivity index (χ4v) is 2.45. The molecule has 0 saturated carbocycles. The fraction of sp³-hybridized carbons (Fsp3) is 0.176. The van der Waals surface area contributed by atoms with E-state index in [2.05, 4.69) is 5.32 Å². The molecule has 1 amide bonds. The molecule has 0 spiro atoms. The van der Waals surface area contributed by atoms with Crippen molar-refractivity contribution >= 4 is 11.9 Å². The smallest absolute Gasteiger partial charge is 0.335 e. The van der Waals surface area contributed by atoms with Crippen LogP contribution in [-0.2, 0) is 6.42 Å². The molecule has 3 rings (SSSR count). The Bertz CT molecular complexity index is 709. The van der Waals surface area contributed by atoms with E-state index < -0.39 is 5.97 Å². The molecule has 1 heterocycles. The van der Waals surface area contributed by atoms with Crippen molar-refractivity contribution in [3.05, 3.63) is 65.2 Å². The zero-order valence-corrected chi connectivity index (χ0v) is 11.8. The summed E-state index contributed by atoms with van der Waals surface area (Å²) in [6.07, 6.45) is 0.717. The summed E-state index contributed by atoms with van der Waals surface area (Å²) in [5.74, 6) is -0.382. The first kappa shape index (κ1) is 14.1. The van der Waals surface area contributed by atoms with Gasteiger partial charge in [0.2, 0.25) is 0 Å². The van der Waals surface area contributed by atoms with E-state index in [-0.39, 0.29) is 17.5 Å². The third-order valence-corrected chi connectivity index (χ3v) is 3.61. The second-order valence-corrected chi connectivity index (χ2v) is 5.18. The number of carbonyl (C=O) groups is 2. The van der Waals surface area contributed by atoms with Crippen LogP contribution < -0.4 is 10.1 Å². The molecule has 2 aromatic carbocycles. The Hall–Kier alpha value is -2.82. The molecular formula is C17H15NO4. The van der Waals surface area contributed by atoms with Gasteiger partial charge in [-0.25, -0.2) is 4.79 Å². The summed E-state index contributed by atoms with van der Waals surface area (Å²) in [7, 11) is 0. The minimum absolute atomic E-state index is 0.0958. The van der Waals surface area contributed by atoms with Gasteiger partial charge in [0, 0.05) is 5.56 Å². The van der Waals surface area contributed by atoms with Crippen molar-refractivity contribution in [2.45, 2.75) is 12.5 Å². The molecule has 5 heteroatoms. The van der Waals surface area contributed by atoms with Crippen LogP contribution in [0.25, 0.3) is 0 Å². The summed E-state index contributed by atoms with van der Waals surface area (Å²) >= 11 is 0. The fourth-order valence-electron chi connectivity index (χ4n) is 2.45. The van der Waals surface area contributed by atoms with E-state index in [0.29, 0.717) is 12.2 Å². The third kappa shape index (κ3) is 2.93. The van der Waals surface area contributed by atoms with Gasteiger partial charge in [0.25, 0.3) is 5.91 Å². The molecule has 1 atom stereocenters. The van der Waals surface area contributed by atoms with Gasteiger partial charge in [0.1, 0.15) is 12.4 Å². The standard InChI is InChI=1S/C17H15NO4/c19-16(11-5-7-12(8-6-11)17(20)21)18-14-9-13-3-1-2-4-15(13)22-10-14/h1-8,14H,9-10H2,(H,18,19)(H,20,21)/t14-/m0/s1. The van der Waals surface area contributed by atoms with E-state index in [1.807, 2.05) is 24.3 Å². The number of benzene rings is 2. The van der Waals surface area contributed by atoms with Crippen molar-refractivity contribution in [2.24, 2.45) is 0 Å². The summed E-state index contributed by atoms with van der Waals surface area (Å²) in [4.78, 5) is 23.0. The van der Waals surface area contributed by atoms with Crippen LogP contribution in [0.2, 0.25) is 0 Å². The molecule has 0 aliphatic carbocycles. The quantitative estimate of drug-likeness (QED) is 0.910. The van der Waals surface area contributed by atoms with Crippen LogP contribution in [0.3, 0.4) is 0 Å². The topological polar surface area (TPSA) is 75.6 Å². The Balaban J connectivity index is 1.66. The van der Waals surface area contributed by atoms with Crippen molar-refractivity contribution in [1.29, 1.82) is 0 Å². The van der Waals surface area contributed by atoms with Crippen molar-refractivity contribution in [1.82, 2.24) is 5.32 Å². The number of carbonyl (C=O) groups excluding carboxylic acids is 1. The molecule has 112 valence electrons. The minimum atomic E-state index is -1.01. The van der Waals surface area contributed by atoms with Gasteiger partial charge in [-0.1, -0.05) is 18.2 Å². The SMILES string of the molecule is O=C(O)c1ccc(C(=O)N[C@@H]2COc3ccccc3C2)cc1. The number of amides is 1. The lowest BCUT2D eigenvalue weighted by molar-refractivity contribution is 0.0696. The molecule has 1 aliphatic heterocycles. The number of nitrogens with one attached hydrogen (secondary N) is 1. The van der Waals surface area contributed by atoms with Crippen molar-refractivity contribution in [3.8, 4) is 5.75 Å². The first-order chi connectivity index (χ1) is 10.6. The number of hydrogen-bond donors (Lipinski definition) is 2. The molecule has 0 bridgehead atoms. The Morgan fingerprint density at radius 3 is 2.45 bits per heavy atom. The van der Waals surface area contributed by atoms with E-state index in [1.165, 1.54) is 24.3 Å². The highest BCUT2D eigenvalue weighted by atomic mass is 16.5. The predicted molar refractivity (Wildman–Crippen MR) is 80.3 cm³/mol. The first-order valence-corrected chi connectivity index (χ1v) is 6.98. The number of fused-ring (bicyclic) bond motifs is 1. The van der Waals surface area contributed by atoms with Gasteiger partial charge >= 0.3 is 5.97 Å². The maximum absolute atomic E-state index is 12.2. The van der Waals surface area contributed by atoms with Crippen LogP contribution in [0.15, 0.2) is 48.5 Å². The molecule has 2 N–H and O–H groups in total. The molecule has 0 unspecified atom stereocenters. The number of aromatic carboxylic acids is 1. The van der Waals surface area contributed by atoms with Crippen LogP contribution in [-0.4, -0.2) is 29.6 Å². The van der Waals surface area contributed by atoms with E-state index in [1.54, 1.807) is 0 Å². The Morgan fingerprint density at radius 2 is 1.73 bits per heavy atom. The van der Waals surface area contributed by atoms with Crippen molar-refractivity contribution in [2.75, 3.05) is 6.61 Å². The average Bonchev–Trinajstić information content (AvgIpc) is 2.55. The summed E-state index contributed by atoms with van der Waals surface area (Å²) in [6.45, 7) is 0.427. The molecule has 0 aromatic heterocycles. The Labute approximate surface area is 127 Å². The van der Waals surface area contributed by atoms with Crippen LogP contribution >= 0.6 is 0 Å². The lowest BCUT2D eigenvalue weighted by atomic mass is 10.0. The van der Waals surface area contributed by atoms with Gasteiger partial charge < -0.3 is 15.2 Å².